The number of aromatic nitrogens is 3. The number of rotatable bonds is 4. The number of aryl methyl sites for hydroxylation is 1. The zero-order valence-electron chi connectivity index (χ0n) is 16.8. The molecule has 2 aromatic heterocycles. The zero-order chi connectivity index (χ0) is 22.1. The summed E-state index contributed by atoms with van der Waals surface area (Å²) in [5, 5.41) is 3.92. The lowest BCUT2D eigenvalue weighted by Gasteiger charge is -2.26. The third-order valence-corrected chi connectivity index (χ3v) is 5.00. The van der Waals surface area contributed by atoms with E-state index >= 15 is 0 Å². The van der Waals surface area contributed by atoms with Crippen molar-refractivity contribution in [1.29, 1.82) is 0 Å². The Balaban J connectivity index is 1.51. The van der Waals surface area contributed by atoms with Crippen LogP contribution in [0, 0.1) is 18.7 Å². The van der Waals surface area contributed by atoms with Crippen molar-refractivity contribution in [2.24, 2.45) is 0 Å². The summed E-state index contributed by atoms with van der Waals surface area (Å²) in [6.45, 7) is 2.02. The van der Waals surface area contributed by atoms with Crippen molar-refractivity contribution in [3.8, 4) is 0 Å². The molecule has 0 spiro atoms. The Kier molecular flexibility index (Phi) is 5.57. The molecule has 31 heavy (non-hydrogen) atoms. The first-order valence-electron chi connectivity index (χ1n) is 9.51. The summed E-state index contributed by atoms with van der Waals surface area (Å²) in [5.74, 6) is -1.81. The quantitative estimate of drug-likeness (QED) is 0.619. The van der Waals surface area contributed by atoms with Crippen LogP contribution in [0.5, 0.6) is 0 Å². The van der Waals surface area contributed by atoms with E-state index in [1.165, 1.54) is 24.2 Å². The molecule has 3 heterocycles. The second-order valence-electron chi connectivity index (χ2n) is 7.02. The molecular formula is C21H19F2N5O3. The second-order valence-corrected chi connectivity index (χ2v) is 7.02. The number of fused-ring (bicyclic) bond motifs is 1. The van der Waals surface area contributed by atoms with E-state index in [2.05, 4.69) is 20.3 Å². The van der Waals surface area contributed by atoms with Gasteiger partial charge >= 0.3 is 0 Å². The predicted molar refractivity (Wildman–Crippen MR) is 109 cm³/mol. The van der Waals surface area contributed by atoms with E-state index in [1.54, 1.807) is 25.1 Å². The first-order chi connectivity index (χ1) is 14.9. The van der Waals surface area contributed by atoms with Crippen LogP contribution in [0.3, 0.4) is 0 Å². The number of H-pyrrole nitrogens is 1. The molecular weight excluding hydrogens is 408 g/mol. The van der Waals surface area contributed by atoms with Crippen LogP contribution in [-0.2, 0) is 11.4 Å². The van der Waals surface area contributed by atoms with Crippen LogP contribution in [0.4, 0.5) is 8.78 Å². The SMILES string of the molecule is CNC(=O)c1ccc(C2=CCN(Cc3ccc4nc(C)c(=O)[nH]c4c3F)OC2)c(F)n1. The van der Waals surface area contributed by atoms with Crippen LogP contribution in [0.25, 0.3) is 16.6 Å². The molecule has 0 atom stereocenters. The zero-order valence-corrected chi connectivity index (χ0v) is 16.8. The van der Waals surface area contributed by atoms with Gasteiger partial charge in [-0.3, -0.25) is 14.4 Å². The molecule has 3 aromatic rings. The standard InChI is InChI=1S/C21H19F2N5O3/c1-11-20(29)27-18-15(25-11)5-3-12(17(18)22)9-28-8-7-13(10-31-28)14-4-6-16(21(30)24-2)26-19(14)23/h3-7H,8-10H2,1-2H3,(H,24,30)(H,27,29). The van der Waals surface area contributed by atoms with E-state index < -0.39 is 23.2 Å². The summed E-state index contributed by atoms with van der Waals surface area (Å²) in [6, 6.07) is 6.14. The van der Waals surface area contributed by atoms with Gasteiger partial charge in [0.15, 0.2) is 5.82 Å². The molecule has 0 unspecified atom stereocenters. The molecule has 2 N–H and O–H groups in total. The molecule has 160 valence electrons. The van der Waals surface area contributed by atoms with E-state index in [1.807, 2.05) is 0 Å². The maximum Gasteiger partial charge on any atom is 0.269 e. The molecule has 1 aliphatic heterocycles. The van der Waals surface area contributed by atoms with Gasteiger partial charge in [0.05, 0.1) is 18.7 Å². The van der Waals surface area contributed by atoms with E-state index in [-0.39, 0.29) is 42.2 Å². The van der Waals surface area contributed by atoms with Gasteiger partial charge in [0.1, 0.15) is 16.9 Å². The number of nitrogens with zero attached hydrogens (tertiary/aromatic N) is 3. The fraction of sp³-hybridized carbons (Fsp3) is 0.238. The smallest absolute Gasteiger partial charge is 0.269 e. The van der Waals surface area contributed by atoms with Crippen molar-refractivity contribution >= 4 is 22.5 Å². The van der Waals surface area contributed by atoms with Crippen LogP contribution in [0.15, 0.2) is 35.1 Å². The summed E-state index contributed by atoms with van der Waals surface area (Å²) in [4.78, 5) is 39.3. The van der Waals surface area contributed by atoms with Crippen molar-refractivity contribution in [1.82, 2.24) is 25.3 Å². The monoisotopic (exact) mass is 427 g/mol. The topological polar surface area (TPSA) is 100 Å². The highest BCUT2D eigenvalue weighted by molar-refractivity contribution is 5.92. The fourth-order valence-electron chi connectivity index (χ4n) is 3.28. The minimum Gasteiger partial charge on any atom is -0.354 e. The summed E-state index contributed by atoms with van der Waals surface area (Å²) in [5.41, 5.74) is 1.36. The molecule has 1 aromatic carbocycles. The van der Waals surface area contributed by atoms with Crippen molar-refractivity contribution in [2.45, 2.75) is 13.5 Å². The molecule has 0 aliphatic carbocycles. The Labute approximate surface area is 175 Å². The number of aromatic amines is 1. The first-order valence-corrected chi connectivity index (χ1v) is 9.51. The summed E-state index contributed by atoms with van der Waals surface area (Å²) in [6.07, 6.45) is 1.76. The normalized spacial score (nSPS) is 14.5. The van der Waals surface area contributed by atoms with Crippen molar-refractivity contribution in [2.75, 3.05) is 20.2 Å². The molecule has 0 bridgehead atoms. The van der Waals surface area contributed by atoms with Crippen LogP contribution in [0.1, 0.15) is 27.3 Å². The van der Waals surface area contributed by atoms with Gasteiger partial charge in [-0.15, -0.1) is 0 Å². The van der Waals surface area contributed by atoms with Crippen LogP contribution in [-0.4, -0.2) is 46.1 Å². The number of hydrogen-bond donors (Lipinski definition) is 2. The third-order valence-electron chi connectivity index (χ3n) is 5.00. The van der Waals surface area contributed by atoms with Gasteiger partial charge in [-0.2, -0.15) is 9.45 Å². The van der Waals surface area contributed by atoms with Gasteiger partial charge in [-0.25, -0.2) is 14.4 Å². The number of benzene rings is 1. The van der Waals surface area contributed by atoms with E-state index in [9.17, 15) is 18.4 Å². The van der Waals surface area contributed by atoms with Crippen molar-refractivity contribution in [3.63, 3.8) is 0 Å². The lowest BCUT2D eigenvalue weighted by atomic mass is 10.1. The fourth-order valence-corrected chi connectivity index (χ4v) is 3.28. The second kappa shape index (κ2) is 8.32. The third kappa shape index (κ3) is 4.07. The number of carbonyl (C=O) groups excluding carboxylic acids is 1. The number of hydrogen-bond acceptors (Lipinski definition) is 6. The molecule has 4 rings (SSSR count). The van der Waals surface area contributed by atoms with Gasteiger partial charge in [0, 0.05) is 24.7 Å². The number of amides is 1. The molecule has 1 amide bonds. The molecule has 0 radical (unpaired) electrons. The number of hydroxylamine groups is 2. The molecule has 8 nitrogen and oxygen atoms in total. The average Bonchev–Trinajstić information content (AvgIpc) is 2.77. The summed E-state index contributed by atoms with van der Waals surface area (Å²) < 4.78 is 29.2. The average molecular weight is 427 g/mol. The molecule has 0 fully saturated rings. The van der Waals surface area contributed by atoms with Crippen LogP contribution >= 0.6 is 0 Å². The maximum absolute atomic E-state index is 14.9. The van der Waals surface area contributed by atoms with Crippen molar-refractivity contribution < 1.29 is 18.4 Å². The van der Waals surface area contributed by atoms with Gasteiger partial charge in [0.25, 0.3) is 11.5 Å². The van der Waals surface area contributed by atoms with Crippen LogP contribution in [0.2, 0.25) is 0 Å². The van der Waals surface area contributed by atoms with Gasteiger partial charge in [0.2, 0.25) is 5.95 Å². The lowest BCUT2D eigenvalue weighted by Crippen LogP contribution is -2.29. The highest BCUT2D eigenvalue weighted by Gasteiger charge is 2.20. The molecule has 10 heteroatoms. The highest BCUT2D eigenvalue weighted by atomic mass is 19.1. The minimum atomic E-state index is -0.767. The Morgan fingerprint density at radius 1 is 1.26 bits per heavy atom. The Morgan fingerprint density at radius 3 is 2.74 bits per heavy atom. The van der Waals surface area contributed by atoms with E-state index in [4.69, 9.17) is 4.84 Å². The van der Waals surface area contributed by atoms with E-state index in [0.29, 0.717) is 16.7 Å². The number of nitrogens with one attached hydrogen (secondary N) is 2. The Hall–Kier alpha value is -3.50. The van der Waals surface area contributed by atoms with Crippen molar-refractivity contribution in [3.05, 3.63) is 75.0 Å². The molecule has 0 saturated carbocycles. The number of halogens is 2. The van der Waals surface area contributed by atoms with Gasteiger partial charge in [-0.05, 0) is 30.7 Å². The first kappa shape index (κ1) is 20.8. The minimum absolute atomic E-state index is 0.0165. The summed E-state index contributed by atoms with van der Waals surface area (Å²) >= 11 is 0. The van der Waals surface area contributed by atoms with Gasteiger partial charge in [-0.1, -0.05) is 12.1 Å². The maximum atomic E-state index is 14.9. The lowest BCUT2D eigenvalue weighted by molar-refractivity contribution is -0.151. The predicted octanol–water partition coefficient (Wildman–Crippen LogP) is 2.10. The summed E-state index contributed by atoms with van der Waals surface area (Å²) in [7, 11) is 1.44. The van der Waals surface area contributed by atoms with Gasteiger partial charge < -0.3 is 10.3 Å². The van der Waals surface area contributed by atoms with E-state index in [0.717, 1.165) is 0 Å². The molecule has 1 aliphatic rings. The largest absolute Gasteiger partial charge is 0.354 e. The highest BCUT2D eigenvalue weighted by Crippen LogP contribution is 2.24. The number of carbonyl (C=O) groups is 1. The Bertz CT molecular complexity index is 1270. The Morgan fingerprint density at radius 2 is 2.06 bits per heavy atom. The van der Waals surface area contributed by atoms with Crippen LogP contribution < -0.4 is 10.9 Å². The number of pyridine rings is 1. The molecule has 0 saturated heterocycles.